The van der Waals surface area contributed by atoms with E-state index in [4.69, 9.17) is 9.47 Å². The van der Waals surface area contributed by atoms with E-state index in [1.165, 1.54) is 4.40 Å². The molecule has 0 spiro atoms. The molecule has 3 rings (SSSR count). The summed E-state index contributed by atoms with van der Waals surface area (Å²) in [5.41, 5.74) is -0.365. The SMILES string of the molecule is C.CCOC(=O)c1c(Oc2ccccc2)nc2ccccn2c1=O. The standard InChI is InChI=1S/C17H14N2O4.CH4/c1-2-22-17(21)14-15(23-12-8-4-3-5-9-12)18-13-10-6-7-11-19(13)16(14)20;/h3-11H,2H2,1H3;1H4. The first-order valence-corrected chi connectivity index (χ1v) is 7.12. The van der Waals surface area contributed by atoms with Gasteiger partial charge in [-0.3, -0.25) is 9.20 Å². The minimum Gasteiger partial charge on any atom is -0.462 e. The maximum atomic E-state index is 12.6. The summed E-state index contributed by atoms with van der Waals surface area (Å²) < 4.78 is 11.9. The third-order valence-corrected chi connectivity index (χ3v) is 3.14. The molecule has 6 nitrogen and oxygen atoms in total. The Balaban J connectivity index is 0.00000208. The maximum Gasteiger partial charge on any atom is 0.349 e. The van der Waals surface area contributed by atoms with Gasteiger partial charge in [0.25, 0.3) is 5.56 Å². The molecule has 0 amide bonds. The van der Waals surface area contributed by atoms with Crippen LogP contribution < -0.4 is 10.3 Å². The van der Waals surface area contributed by atoms with Gasteiger partial charge in [0, 0.05) is 6.20 Å². The molecule has 0 atom stereocenters. The summed E-state index contributed by atoms with van der Waals surface area (Å²) in [4.78, 5) is 29.0. The van der Waals surface area contributed by atoms with E-state index in [1.54, 1.807) is 55.6 Å². The monoisotopic (exact) mass is 326 g/mol. The van der Waals surface area contributed by atoms with Crippen molar-refractivity contribution in [1.82, 2.24) is 9.38 Å². The summed E-state index contributed by atoms with van der Waals surface area (Å²) in [6.45, 7) is 1.82. The van der Waals surface area contributed by atoms with Crippen LogP contribution in [0, 0.1) is 0 Å². The largest absolute Gasteiger partial charge is 0.462 e. The normalized spacial score (nSPS) is 10.0. The average Bonchev–Trinajstić information content (AvgIpc) is 2.56. The lowest BCUT2D eigenvalue weighted by Crippen LogP contribution is -2.25. The second-order valence-corrected chi connectivity index (χ2v) is 4.66. The van der Waals surface area contributed by atoms with E-state index in [0.717, 1.165) is 0 Å². The average molecular weight is 326 g/mol. The summed E-state index contributed by atoms with van der Waals surface area (Å²) in [6, 6.07) is 13.9. The van der Waals surface area contributed by atoms with Crippen LogP contribution in [0.3, 0.4) is 0 Å². The Hall–Kier alpha value is -3.15. The Bertz CT molecular complexity index is 904. The Morgan fingerprint density at radius 1 is 1.12 bits per heavy atom. The Labute approximate surface area is 139 Å². The predicted octanol–water partition coefficient (Wildman–Crippen LogP) is 3.30. The number of pyridine rings is 1. The van der Waals surface area contributed by atoms with Crippen molar-refractivity contribution in [3.05, 3.63) is 70.6 Å². The summed E-state index contributed by atoms with van der Waals surface area (Å²) in [5.74, 6) is -0.342. The van der Waals surface area contributed by atoms with Gasteiger partial charge in [-0.2, -0.15) is 4.98 Å². The lowest BCUT2D eigenvalue weighted by molar-refractivity contribution is 0.0520. The molecule has 3 aromatic rings. The van der Waals surface area contributed by atoms with Gasteiger partial charge >= 0.3 is 5.97 Å². The van der Waals surface area contributed by atoms with Crippen molar-refractivity contribution >= 4 is 11.6 Å². The van der Waals surface area contributed by atoms with Crippen LogP contribution in [0.1, 0.15) is 24.7 Å². The number of benzene rings is 1. The molecule has 0 saturated heterocycles. The zero-order chi connectivity index (χ0) is 16.2. The number of hydrogen-bond acceptors (Lipinski definition) is 5. The summed E-state index contributed by atoms with van der Waals surface area (Å²) >= 11 is 0. The van der Waals surface area contributed by atoms with Gasteiger partial charge in [-0.1, -0.05) is 31.7 Å². The Kier molecular flexibility index (Phi) is 5.31. The number of para-hydroxylation sites is 1. The number of nitrogens with zero attached hydrogens (tertiary/aromatic N) is 2. The fraction of sp³-hybridized carbons (Fsp3) is 0.167. The zero-order valence-corrected chi connectivity index (χ0v) is 12.4. The second-order valence-electron chi connectivity index (χ2n) is 4.66. The van der Waals surface area contributed by atoms with Gasteiger partial charge < -0.3 is 9.47 Å². The van der Waals surface area contributed by atoms with Crippen molar-refractivity contribution in [3.63, 3.8) is 0 Å². The molecule has 0 radical (unpaired) electrons. The van der Waals surface area contributed by atoms with Gasteiger partial charge in [0.05, 0.1) is 6.61 Å². The number of fused-ring (bicyclic) bond motifs is 1. The molecule has 0 aliphatic rings. The van der Waals surface area contributed by atoms with E-state index in [2.05, 4.69) is 4.98 Å². The Morgan fingerprint density at radius 3 is 2.54 bits per heavy atom. The van der Waals surface area contributed by atoms with Gasteiger partial charge in [-0.05, 0) is 31.2 Å². The molecule has 0 saturated carbocycles. The van der Waals surface area contributed by atoms with Crippen molar-refractivity contribution in [3.8, 4) is 11.6 Å². The van der Waals surface area contributed by atoms with Gasteiger partial charge in [0.1, 0.15) is 11.4 Å². The van der Waals surface area contributed by atoms with Gasteiger partial charge in [0.15, 0.2) is 5.56 Å². The van der Waals surface area contributed by atoms with E-state index in [0.29, 0.717) is 11.4 Å². The molecule has 6 heteroatoms. The van der Waals surface area contributed by atoms with E-state index in [-0.39, 0.29) is 25.5 Å². The number of hydrogen-bond donors (Lipinski definition) is 0. The molecule has 0 N–H and O–H groups in total. The van der Waals surface area contributed by atoms with E-state index >= 15 is 0 Å². The van der Waals surface area contributed by atoms with Crippen LogP contribution in [0.5, 0.6) is 11.6 Å². The molecular formula is C18H18N2O4. The molecule has 0 aliphatic heterocycles. The molecule has 0 bridgehead atoms. The number of carbonyl (C=O) groups is 1. The molecule has 1 aromatic carbocycles. The van der Waals surface area contributed by atoms with Crippen LogP contribution in [0.25, 0.3) is 5.65 Å². The molecule has 124 valence electrons. The summed E-state index contributed by atoms with van der Waals surface area (Å²) in [5, 5.41) is 0. The maximum absolute atomic E-state index is 12.6. The number of carbonyl (C=O) groups excluding carboxylic acids is 1. The summed E-state index contributed by atoms with van der Waals surface area (Å²) in [7, 11) is 0. The molecule has 2 heterocycles. The minimum absolute atomic E-state index is 0. The van der Waals surface area contributed by atoms with Gasteiger partial charge in [-0.25, -0.2) is 4.79 Å². The lowest BCUT2D eigenvalue weighted by atomic mass is 10.3. The van der Waals surface area contributed by atoms with Crippen LogP contribution in [-0.2, 0) is 4.74 Å². The first-order valence-electron chi connectivity index (χ1n) is 7.12. The quantitative estimate of drug-likeness (QED) is 0.688. The zero-order valence-electron chi connectivity index (χ0n) is 12.4. The van der Waals surface area contributed by atoms with Crippen LogP contribution in [0.15, 0.2) is 59.5 Å². The minimum atomic E-state index is -0.755. The van der Waals surface area contributed by atoms with E-state index < -0.39 is 11.5 Å². The van der Waals surface area contributed by atoms with Crippen LogP contribution in [0.4, 0.5) is 0 Å². The molecule has 24 heavy (non-hydrogen) atoms. The summed E-state index contributed by atoms with van der Waals surface area (Å²) in [6.07, 6.45) is 1.54. The third kappa shape index (κ3) is 3.27. The number of aromatic nitrogens is 2. The van der Waals surface area contributed by atoms with Crippen molar-refractivity contribution in [2.24, 2.45) is 0 Å². The van der Waals surface area contributed by atoms with Crippen molar-refractivity contribution in [2.45, 2.75) is 14.4 Å². The second kappa shape index (κ2) is 7.41. The molecule has 2 aromatic heterocycles. The van der Waals surface area contributed by atoms with Crippen molar-refractivity contribution in [2.75, 3.05) is 6.61 Å². The van der Waals surface area contributed by atoms with E-state index in [1.807, 2.05) is 6.07 Å². The number of rotatable bonds is 4. The predicted molar refractivity (Wildman–Crippen MR) is 90.7 cm³/mol. The highest BCUT2D eigenvalue weighted by molar-refractivity contribution is 5.91. The number of ether oxygens (including phenoxy) is 2. The van der Waals surface area contributed by atoms with Crippen molar-refractivity contribution < 1.29 is 14.3 Å². The highest BCUT2D eigenvalue weighted by Crippen LogP contribution is 2.22. The highest BCUT2D eigenvalue weighted by atomic mass is 16.5. The molecule has 0 fully saturated rings. The van der Waals surface area contributed by atoms with Crippen LogP contribution in [-0.4, -0.2) is 22.0 Å². The fourth-order valence-corrected chi connectivity index (χ4v) is 2.12. The molecule has 0 aliphatic carbocycles. The lowest BCUT2D eigenvalue weighted by Gasteiger charge is -2.10. The van der Waals surface area contributed by atoms with Gasteiger partial charge in [0.2, 0.25) is 5.88 Å². The first-order chi connectivity index (χ1) is 11.2. The number of esters is 1. The topological polar surface area (TPSA) is 69.9 Å². The Morgan fingerprint density at radius 2 is 1.83 bits per heavy atom. The fourth-order valence-electron chi connectivity index (χ4n) is 2.12. The first kappa shape index (κ1) is 17.2. The smallest absolute Gasteiger partial charge is 0.349 e. The highest BCUT2D eigenvalue weighted by Gasteiger charge is 2.23. The van der Waals surface area contributed by atoms with Gasteiger partial charge in [-0.15, -0.1) is 0 Å². The van der Waals surface area contributed by atoms with E-state index in [9.17, 15) is 9.59 Å². The third-order valence-electron chi connectivity index (χ3n) is 3.14. The van der Waals surface area contributed by atoms with Crippen molar-refractivity contribution in [1.29, 1.82) is 0 Å². The molecular weight excluding hydrogens is 308 g/mol. The van der Waals surface area contributed by atoms with Crippen LogP contribution in [0.2, 0.25) is 0 Å². The molecule has 0 unspecified atom stereocenters. The van der Waals surface area contributed by atoms with Crippen LogP contribution >= 0.6 is 0 Å².